The summed E-state index contributed by atoms with van der Waals surface area (Å²) in [6.45, 7) is 4.27. The molecule has 2 aromatic rings. The van der Waals surface area contributed by atoms with Crippen molar-refractivity contribution in [2.45, 2.75) is 25.7 Å². The summed E-state index contributed by atoms with van der Waals surface area (Å²) in [5, 5.41) is 4.18. The molecule has 1 fully saturated rings. The van der Waals surface area contributed by atoms with Crippen LogP contribution in [0.1, 0.15) is 30.1 Å². The van der Waals surface area contributed by atoms with Gasteiger partial charge in [-0.25, -0.2) is 4.98 Å². The number of nitrogens with zero attached hydrogens (tertiary/aromatic N) is 2. The van der Waals surface area contributed by atoms with E-state index in [4.69, 9.17) is 16.6 Å². The van der Waals surface area contributed by atoms with Gasteiger partial charge in [-0.3, -0.25) is 4.40 Å². The SMILES string of the molecule is Cc1c(C2CCCNC2)nc2cccc(Cl)n12. The smallest absolute Gasteiger partial charge is 0.138 e. The molecule has 0 saturated carbocycles. The van der Waals surface area contributed by atoms with Crippen LogP contribution in [-0.4, -0.2) is 22.5 Å². The quantitative estimate of drug-likeness (QED) is 0.788. The molecule has 0 bridgehead atoms. The molecule has 1 saturated heterocycles. The first-order valence-corrected chi connectivity index (χ1v) is 6.49. The Morgan fingerprint density at radius 1 is 1.47 bits per heavy atom. The van der Waals surface area contributed by atoms with Gasteiger partial charge in [0.1, 0.15) is 10.8 Å². The van der Waals surface area contributed by atoms with E-state index in [0.717, 1.165) is 23.9 Å². The molecule has 1 aliphatic heterocycles. The van der Waals surface area contributed by atoms with Crippen molar-refractivity contribution in [1.82, 2.24) is 14.7 Å². The van der Waals surface area contributed by atoms with E-state index in [9.17, 15) is 0 Å². The second kappa shape index (κ2) is 4.31. The Balaban J connectivity index is 2.10. The second-order valence-corrected chi connectivity index (χ2v) is 5.06. The number of aromatic nitrogens is 2. The number of piperidine rings is 1. The molecule has 4 heteroatoms. The Bertz CT molecular complexity index is 541. The molecule has 3 heterocycles. The molecule has 3 nitrogen and oxygen atoms in total. The summed E-state index contributed by atoms with van der Waals surface area (Å²) in [5.74, 6) is 0.528. The summed E-state index contributed by atoms with van der Waals surface area (Å²) in [4.78, 5) is 4.74. The zero-order valence-electron chi connectivity index (χ0n) is 9.91. The van der Waals surface area contributed by atoms with Gasteiger partial charge in [0, 0.05) is 18.2 Å². The highest BCUT2D eigenvalue weighted by atomic mass is 35.5. The van der Waals surface area contributed by atoms with Crippen LogP contribution in [0.2, 0.25) is 5.15 Å². The fourth-order valence-electron chi connectivity index (χ4n) is 2.68. The van der Waals surface area contributed by atoms with E-state index in [-0.39, 0.29) is 0 Å². The molecule has 0 amide bonds. The van der Waals surface area contributed by atoms with Gasteiger partial charge in [0.25, 0.3) is 0 Å². The van der Waals surface area contributed by atoms with Crippen LogP contribution in [0.4, 0.5) is 0 Å². The Hall–Kier alpha value is -1.06. The van der Waals surface area contributed by atoms with E-state index in [1.807, 2.05) is 22.6 Å². The first-order chi connectivity index (χ1) is 8.27. The van der Waals surface area contributed by atoms with Crippen LogP contribution in [-0.2, 0) is 0 Å². The fraction of sp³-hybridized carbons (Fsp3) is 0.462. The van der Waals surface area contributed by atoms with Gasteiger partial charge in [-0.05, 0) is 38.4 Å². The molecular weight excluding hydrogens is 234 g/mol. The average Bonchev–Trinajstić information content (AvgIpc) is 2.69. The molecule has 1 N–H and O–H groups in total. The lowest BCUT2D eigenvalue weighted by Crippen LogP contribution is -2.28. The highest BCUT2D eigenvalue weighted by molar-refractivity contribution is 6.29. The Kier molecular flexibility index (Phi) is 2.81. The molecule has 3 rings (SSSR count). The maximum Gasteiger partial charge on any atom is 0.138 e. The van der Waals surface area contributed by atoms with Crippen LogP contribution in [0.15, 0.2) is 18.2 Å². The second-order valence-electron chi connectivity index (χ2n) is 4.67. The van der Waals surface area contributed by atoms with Crippen molar-refractivity contribution in [2.24, 2.45) is 0 Å². The Labute approximate surface area is 106 Å². The Morgan fingerprint density at radius 3 is 3.06 bits per heavy atom. The third kappa shape index (κ3) is 1.83. The monoisotopic (exact) mass is 249 g/mol. The zero-order valence-corrected chi connectivity index (χ0v) is 10.7. The summed E-state index contributed by atoms with van der Waals surface area (Å²) in [7, 11) is 0. The summed E-state index contributed by atoms with van der Waals surface area (Å²) >= 11 is 6.22. The first kappa shape index (κ1) is 11.1. The van der Waals surface area contributed by atoms with E-state index in [2.05, 4.69) is 12.2 Å². The van der Waals surface area contributed by atoms with Crippen LogP contribution in [0.5, 0.6) is 0 Å². The third-order valence-corrected chi connectivity index (χ3v) is 3.84. The summed E-state index contributed by atoms with van der Waals surface area (Å²) in [6.07, 6.45) is 2.45. The molecule has 1 unspecified atom stereocenters. The van der Waals surface area contributed by atoms with Crippen molar-refractivity contribution in [3.63, 3.8) is 0 Å². The third-order valence-electron chi connectivity index (χ3n) is 3.55. The van der Waals surface area contributed by atoms with Crippen molar-refractivity contribution in [3.8, 4) is 0 Å². The molecule has 0 spiro atoms. The lowest BCUT2D eigenvalue weighted by molar-refractivity contribution is 0.454. The number of pyridine rings is 1. The van der Waals surface area contributed by atoms with Gasteiger partial charge in [-0.2, -0.15) is 0 Å². The summed E-state index contributed by atoms with van der Waals surface area (Å²) in [6, 6.07) is 5.87. The molecule has 0 radical (unpaired) electrons. The molecule has 0 aromatic carbocycles. The van der Waals surface area contributed by atoms with Gasteiger partial charge in [0.15, 0.2) is 0 Å². The van der Waals surface area contributed by atoms with Gasteiger partial charge in [-0.1, -0.05) is 17.7 Å². The molecule has 0 aliphatic carbocycles. The van der Waals surface area contributed by atoms with Crippen molar-refractivity contribution >= 4 is 17.2 Å². The van der Waals surface area contributed by atoms with E-state index in [0.29, 0.717) is 5.92 Å². The zero-order chi connectivity index (χ0) is 11.8. The summed E-state index contributed by atoms with van der Waals surface area (Å²) in [5.41, 5.74) is 3.33. The van der Waals surface area contributed by atoms with Gasteiger partial charge in [-0.15, -0.1) is 0 Å². The van der Waals surface area contributed by atoms with Gasteiger partial charge < -0.3 is 5.32 Å². The van der Waals surface area contributed by atoms with E-state index in [1.54, 1.807) is 0 Å². The number of fused-ring (bicyclic) bond motifs is 1. The highest BCUT2D eigenvalue weighted by Crippen LogP contribution is 2.27. The van der Waals surface area contributed by atoms with E-state index in [1.165, 1.54) is 24.2 Å². The van der Waals surface area contributed by atoms with Crippen molar-refractivity contribution in [1.29, 1.82) is 0 Å². The molecule has 1 aliphatic rings. The topological polar surface area (TPSA) is 29.3 Å². The summed E-state index contributed by atoms with van der Waals surface area (Å²) < 4.78 is 2.03. The molecule has 17 heavy (non-hydrogen) atoms. The highest BCUT2D eigenvalue weighted by Gasteiger charge is 2.21. The standard InChI is InChI=1S/C13H16ClN3/c1-9-13(10-4-3-7-15-8-10)16-12-6-2-5-11(14)17(9)12/h2,5-6,10,15H,3-4,7-8H2,1H3. The van der Waals surface area contributed by atoms with Crippen LogP contribution in [0.3, 0.4) is 0 Å². The van der Waals surface area contributed by atoms with Crippen LogP contribution in [0.25, 0.3) is 5.65 Å². The number of rotatable bonds is 1. The van der Waals surface area contributed by atoms with Crippen LogP contribution in [0, 0.1) is 6.92 Å². The minimum atomic E-state index is 0.528. The number of hydrogen-bond acceptors (Lipinski definition) is 2. The molecule has 1 atom stereocenters. The number of nitrogens with one attached hydrogen (secondary N) is 1. The maximum atomic E-state index is 6.22. The maximum absolute atomic E-state index is 6.22. The number of hydrogen-bond donors (Lipinski definition) is 1. The van der Waals surface area contributed by atoms with Crippen LogP contribution >= 0.6 is 11.6 Å². The first-order valence-electron chi connectivity index (χ1n) is 6.11. The van der Waals surface area contributed by atoms with E-state index >= 15 is 0 Å². The number of imidazole rings is 1. The number of halogens is 1. The van der Waals surface area contributed by atoms with Crippen molar-refractivity contribution < 1.29 is 0 Å². The van der Waals surface area contributed by atoms with Gasteiger partial charge >= 0.3 is 0 Å². The largest absolute Gasteiger partial charge is 0.316 e. The van der Waals surface area contributed by atoms with Crippen molar-refractivity contribution in [3.05, 3.63) is 34.7 Å². The predicted octanol–water partition coefficient (Wildman–Crippen LogP) is 2.76. The average molecular weight is 250 g/mol. The number of aryl methyl sites for hydroxylation is 1. The van der Waals surface area contributed by atoms with Crippen LogP contribution < -0.4 is 5.32 Å². The van der Waals surface area contributed by atoms with Gasteiger partial charge in [0.2, 0.25) is 0 Å². The Morgan fingerprint density at radius 2 is 2.35 bits per heavy atom. The van der Waals surface area contributed by atoms with Gasteiger partial charge in [0.05, 0.1) is 5.69 Å². The predicted molar refractivity (Wildman–Crippen MR) is 69.8 cm³/mol. The lowest BCUT2D eigenvalue weighted by Gasteiger charge is -2.21. The molecule has 2 aromatic heterocycles. The normalized spacial score (nSPS) is 20.9. The van der Waals surface area contributed by atoms with Crippen molar-refractivity contribution in [2.75, 3.05) is 13.1 Å². The lowest BCUT2D eigenvalue weighted by atomic mass is 9.95. The van der Waals surface area contributed by atoms with E-state index < -0.39 is 0 Å². The molecular formula is C13H16ClN3. The minimum Gasteiger partial charge on any atom is -0.316 e. The minimum absolute atomic E-state index is 0.528. The fourth-order valence-corrected chi connectivity index (χ4v) is 2.97. The molecule has 90 valence electrons.